The van der Waals surface area contributed by atoms with E-state index in [2.05, 4.69) is 41.4 Å². The Morgan fingerprint density at radius 1 is 1.12 bits per heavy atom. The van der Waals surface area contributed by atoms with E-state index in [1.54, 1.807) is 7.11 Å². The highest BCUT2D eigenvalue weighted by Gasteiger charge is 2.25. The fraction of sp³-hybridized carbons (Fsp3) is 0.381. The van der Waals surface area contributed by atoms with Crippen molar-refractivity contribution in [3.05, 3.63) is 59.7 Å². The van der Waals surface area contributed by atoms with Crippen molar-refractivity contribution >= 4 is 11.6 Å². The Kier molecular flexibility index (Phi) is 5.59. The summed E-state index contributed by atoms with van der Waals surface area (Å²) in [7, 11) is 1.65. The van der Waals surface area contributed by atoms with E-state index in [1.807, 2.05) is 24.3 Å². The van der Waals surface area contributed by atoms with Crippen LogP contribution < -0.4 is 15.0 Å². The van der Waals surface area contributed by atoms with E-state index in [1.165, 1.54) is 11.3 Å². The predicted molar refractivity (Wildman–Crippen MR) is 101 cm³/mol. The van der Waals surface area contributed by atoms with Gasteiger partial charge in [-0.2, -0.15) is 0 Å². The largest absolute Gasteiger partial charge is 0.496 e. The highest BCUT2D eigenvalue weighted by Crippen LogP contribution is 2.24. The van der Waals surface area contributed by atoms with E-state index < -0.39 is 0 Å². The molecule has 0 saturated carbocycles. The highest BCUT2D eigenvalue weighted by molar-refractivity contribution is 5.79. The molecule has 0 bridgehead atoms. The molecule has 0 atom stereocenters. The summed E-state index contributed by atoms with van der Waals surface area (Å²) in [5, 5.41) is 3.07. The molecule has 0 unspecified atom stereocenters. The third kappa shape index (κ3) is 4.32. The molecule has 1 amide bonds. The number of nitrogens with zero attached hydrogens (tertiary/aromatic N) is 1. The molecule has 132 valence electrons. The van der Waals surface area contributed by atoms with Gasteiger partial charge in [-0.3, -0.25) is 4.79 Å². The summed E-state index contributed by atoms with van der Waals surface area (Å²) in [4.78, 5) is 14.9. The first-order valence-corrected chi connectivity index (χ1v) is 8.88. The van der Waals surface area contributed by atoms with Gasteiger partial charge in [0.05, 0.1) is 7.11 Å². The van der Waals surface area contributed by atoms with Gasteiger partial charge in [-0.1, -0.05) is 35.9 Å². The van der Waals surface area contributed by atoms with Gasteiger partial charge in [-0.05, 0) is 38.0 Å². The van der Waals surface area contributed by atoms with Crippen LogP contribution in [0.3, 0.4) is 0 Å². The van der Waals surface area contributed by atoms with Crippen molar-refractivity contribution in [2.45, 2.75) is 26.3 Å². The first-order chi connectivity index (χ1) is 12.2. The number of anilines is 1. The fourth-order valence-electron chi connectivity index (χ4n) is 3.33. The minimum Gasteiger partial charge on any atom is -0.496 e. The molecule has 1 N–H and O–H groups in total. The number of aryl methyl sites for hydroxylation is 1. The van der Waals surface area contributed by atoms with Crippen molar-refractivity contribution in [3.8, 4) is 5.75 Å². The zero-order valence-corrected chi connectivity index (χ0v) is 15.0. The van der Waals surface area contributed by atoms with Crippen LogP contribution in [0.2, 0.25) is 0 Å². The molecule has 1 aliphatic heterocycles. The number of carbonyl (C=O) groups excluding carboxylic acids is 1. The lowest BCUT2D eigenvalue weighted by Gasteiger charge is -2.33. The smallest absolute Gasteiger partial charge is 0.223 e. The van der Waals surface area contributed by atoms with Crippen molar-refractivity contribution in [3.63, 3.8) is 0 Å². The Balaban J connectivity index is 1.50. The van der Waals surface area contributed by atoms with E-state index >= 15 is 0 Å². The van der Waals surface area contributed by atoms with Crippen LogP contribution >= 0.6 is 0 Å². The molecule has 4 heteroatoms. The molecule has 2 aromatic rings. The number of ether oxygens (including phenoxy) is 1. The zero-order valence-electron chi connectivity index (χ0n) is 15.0. The van der Waals surface area contributed by atoms with E-state index in [-0.39, 0.29) is 11.8 Å². The van der Waals surface area contributed by atoms with Crippen molar-refractivity contribution < 1.29 is 9.53 Å². The Morgan fingerprint density at radius 3 is 2.48 bits per heavy atom. The molecular formula is C21H26N2O2. The van der Waals surface area contributed by atoms with Crippen LogP contribution in [0.5, 0.6) is 5.75 Å². The normalized spacial score (nSPS) is 15.0. The topological polar surface area (TPSA) is 41.6 Å². The van der Waals surface area contributed by atoms with Crippen LogP contribution in [-0.4, -0.2) is 26.1 Å². The Labute approximate surface area is 149 Å². The number of carbonyl (C=O) groups is 1. The molecule has 25 heavy (non-hydrogen) atoms. The summed E-state index contributed by atoms with van der Waals surface area (Å²) < 4.78 is 5.34. The third-order valence-electron chi connectivity index (χ3n) is 4.91. The molecule has 0 radical (unpaired) electrons. The summed E-state index contributed by atoms with van der Waals surface area (Å²) in [6, 6.07) is 16.4. The van der Waals surface area contributed by atoms with Crippen LogP contribution in [0.25, 0.3) is 0 Å². The first-order valence-electron chi connectivity index (χ1n) is 8.88. The SMILES string of the molecule is COc1ccccc1CNC(=O)C1CCN(c2ccc(C)cc2)CC1. The molecule has 1 saturated heterocycles. The van der Waals surface area contributed by atoms with Gasteiger partial charge in [0.2, 0.25) is 5.91 Å². The van der Waals surface area contributed by atoms with Gasteiger partial charge in [0.15, 0.2) is 0 Å². The van der Waals surface area contributed by atoms with Gasteiger partial charge in [0.25, 0.3) is 0 Å². The molecule has 3 rings (SSSR count). The van der Waals surface area contributed by atoms with Gasteiger partial charge in [-0.25, -0.2) is 0 Å². The number of benzene rings is 2. The summed E-state index contributed by atoms with van der Waals surface area (Å²) in [6.07, 6.45) is 1.79. The number of nitrogens with one attached hydrogen (secondary N) is 1. The van der Waals surface area contributed by atoms with Gasteiger partial charge in [0, 0.05) is 36.8 Å². The molecular weight excluding hydrogens is 312 g/mol. The number of rotatable bonds is 5. The van der Waals surface area contributed by atoms with Crippen molar-refractivity contribution in [1.29, 1.82) is 0 Å². The lowest BCUT2D eigenvalue weighted by molar-refractivity contribution is -0.125. The maximum Gasteiger partial charge on any atom is 0.223 e. The maximum absolute atomic E-state index is 12.5. The number of hydrogen-bond acceptors (Lipinski definition) is 3. The van der Waals surface area contributed by atoms with E-state index in [4.69, 9.17) is 4.74 Å². The van der Waals surface area contributed by atoms with E-state index in [0.29, 0.717) is 6.54 Å². The second-order valence-corrected chi connectivity index (χ2v) is 6.63. The van der Waals surface area contributed by atoms with Gasteiger partial charge in [0.1, 0.15) is 5.75 Å². The van der Waals surface area contributed by atoms with Gasteiger partial charge >= 0.3 is 0 Å². The number of amides is 1. The van der Waals surface area contributed by atoms with Crippen molar-refractivity contribution in [2.24, 2.45) is 5.92 Å². The van der Waals surface area contributed by atoms with Crippen LogP contribution in [-0.2, 0) is 11.3 Å². The number of piperidine rings is 1. The second kappa shape index (κ2) is 8.06. The third-order valence-corrected chi connectivity index (χ3v) is 4.91. The minimum atomic E-state index is 0.0939. The molecule has 1 fully saturated rings. The van der Waals surface area contributed by atoms with Gasteiger partial charge < -0.3 is 15.0 Å². The van der Waals surface area contributed by atoms with Crippen molar-refractivity contribution in [1.82, 2.24) is 5.32 Å². The lowest BCUT2D eigenvalue weighted by Crippen LogP contribution is -2.40. The van der Waals surface area contributed by atoms with Crippen LogP contribution in [0.4, 0.5) is 5.69 Å². The molecule has 2 aromatic carbocycles. The molecule has 0 spiro atoms. The highest BCUT2D eigenvalue weighted by atomic mass is 16.5. The zero-order chi connectivity index (χ0) is 17.6. The van der Waals surface area contributed by atoms with Gasteiger partial charge in [-0.15, -0.1) is 0 Å². The summed E-state index contributed by atoms with van der Waals surface area (Å²) in [5.74, 6) is 1.06. The Bertz CT molecular complexity index is 704. The molecule has 0 aliphatic carbocycles. The lowest BCUT2D eigenvalue weighted by atomic mass is 9.95. The molecule has 1 heterocycles. The summed E-state index contributed by atoms with van der Waals surface area (Å²) in [6.45, 7) is 4.47. The fourth-order valence-corrected chi connectivity index (χ4v) is 3.33. The van der Waals surface area contributed by atoms with Crippen molar-refractivity contribution in [2.75, 3.05) is 25.1 Å². The second-order valence-electron chi connectivity index (χ2n) is 6.63. The maximum atomic E-state index is 12.5. The summed E-state index contributed by atoms with van der Waals surface area (Å²) in [5.41, 5.74) is 3.53. The Morgan fingerprint density at radius 2 is 1.80 bits per heavy atom. The quantitative estimate of drug-likeness (QED) is 0.907. The predicted octanol–water partition coefficient (Wildman–Crippen LogP) is 3.54. The van der Waals surface area contributed by atoms with Crippen LogP contribution in [0.15, 0.2) is 48.5 Å². The van der Waals surface area contributed by atoms with E-state index in [0.717, 1.165) is 37.2 Å². The standard InChI is InChI=1S/C21H26N2O2/c1-16-7-9-19(10-8-16)23-13-11-17(12-14-23)21(24)22-15-18-5-3-4-6-20(18)25-2/h3-10,17H,11-15H2,1-2H3,(H,22,24). The van der Waals surface area contributed by atoms with E-state index in [9.17, 15) is 4.79 Å². The number of para-hydroxylation sites is 1. The van der Waals surface area contributed by atoms with Crippen LogP contribution in [0, 0.1) is 12.8 Å². The molecule has 1 aliphatic rings. The number of methoxy groups -OCH3 is 1. The Hall–Kier alpha value is -2.49. The average Bonchev–Trinajstić information content (AvgIpc) is 2.67. The average molecular weight is 338 g/mol. The minimum absolute atomic E-state index is 0.0939. The molecule has 0 aromatic heterocycles. The monoisotopic (exact) mass is 338 g/mol. The molecule has 4 nitrogen and oxygen atoms in total. The number of hydrogen-bond donors (Lipinski definition) is 1. The summed E-state index contributed by atoms with van der Waals surface area (Å²) >= 11 is 0. The van der Waals surface area contributed by atoms with Crippen LogP contribution in [0.1, 0.15) is 24.0 Å². The first kappa shape index (κ1) is 17.3.